The fourth-order valence-electron chi connectivity index (χ4n) is 1.31. The summed E-state index contributed by atoms with van der Waals surface area (Å²) in [7, 11) is 0. The van der Waals surface area contributed by atoms with Crippen molar-refractivity contribution >= 4 is 33.2 Å². The predicted octanol–water partition coefficient (Wildman–Crippen LogP) is 3.15. The molecule has 2 rings (SSSR count). The molecule has 4 nitrogen and oxygen atoms in total. The van der Waals surface area contributed by atoms with Crippen molar-refractivity contribution in [2.24, 2.45) is 0 Å². The maximum atomic E-state index is 13.4. The third-order valence-corrected chi connectivity index (χ3v) is 2.81. The first kappa shape index (κ1) is 12.6. The molecule has 0 aliphatic rings. The highest BCUT2D eigenvalue weighted by atomic mass is 79.9. The van der Waals surface area contributed by atoms with Crippen molar-refractivity contribution in [3.05, 3.63) is 46.3 Å². The third kappa shape index (κ3) is 2.35. The highest BCUT2D eigenvalue weighted by Crippen LogP contribution is 2.23. The number of nitrogens with two attached hydrogens (primary N) is 1. The van der Waals surface area contributed by atoms with Crippen LogP contribution in [0.2, 0.25) is 0 Å². The number of carbonyl (C=O) groups is 1. The Hall–Kier alpha value is -1.89. The van der Waals surface area contributed by atoms with Crippen LogP contribution in [0.1, 0.15) is 10.4 Å². The molecule has 7 heteroatoms. The summed E-state index contributed by atoms with van der Waals surface area (Å²) < 4.78 is 31.4. The minimum atomic E-state index is -0.908. The molecule has 0 radical (unpaired) electrons. The quantitative estimate of drug-likeness (QED) is 0.836. The lowest BCUT2D eigenvalue weighted by Crippen LogP contribution is -2.13. The number of carbonyl (C=O) groups excluding carboxylic acids is 1. The van der Waals surface area contributed by atoms with Crippen LogP contribution in [-0.4, -0.2) is 5.91 Å². The van der Waals surface area contributed by atoms with Crippen LogP contribution in [0.25, 0.3) is 0 Å². The zero-order valence-electron chi connectivity index (χ0n) is 8.84. The van der Waals surface area contributed by atoms with Crippen molar-refractivity contribution < 1.29 is 18.0 Å². The summed E-state index contributed by atoms with van der Waals surface area (Å²) >= 11 is 3.02. The summed E-state index contributed by atoms with van der Waals surface area (Å²) in [5, 5.41) is 2.27. The van der Waals surface area contributed by atoms with E-state index < -0.39 is 17.5 Å². The van der Waals surface area contributed by atoms with E-state index in [0.717, 1.165) is 6.07 Å². The average molecular weight is 317 g/mol. The van der Waals surface area contributed by atoms with Gasteiger partial charge in [0.05, 0.1) is 23.2 Å². The lowest BCUT2D eigenvalue weighted by Gasteiger charge is -2.07. The van der Waals surface area contributed by atoms with E-state index >= 15 is 0 Å². The smallest absolute Gasteiger partial charge is 0.260 e. The Bertz CT molecular complexity index is 613. The molecule has 0 spiro atoms. The lowest BCUT2D eigenvalue weighted by atomic mass is 10.2. The van der Waals surface area contributed by atoms with Crippen LogP contribution in [0.3, 0.4) is 0 Å². The number of nitrogens with one attached hydrogen (secondary N) is 1. The number of furan rings is 1. The van der Waals surface area contributed by atoms with Crippen LogP contribution < -0.4 is 11.1 Å². The molecule has 0 atom stereocenters. The maximum absolute atomic E-state index is 13.4. The Morgan fingerprint density at radius 2 is 2.06 bits per heavy atom. The third-order valence-electron chi connectivity index (χ3n) is 2.20. The molecule has 0 aliphatic heterocycles. The van der Waals surface area contributed by atoms with Gasteiger partial charge in [0.15, 0.2) is 4.67 Å². The minimum Gasteiger partial charge on any atom is -0.457 e. The SMILES string of the molecule is Nc1cc(NC(=O)c2ccoc2Br)c(F)cc1F. The number of nitrogen functional groups attached to an aromatic ring is 1. The number of amides is 1. The molecule has 0 saturated heterocycles. The van der Waals surface area contributed by atoms with Crippen LogP contribution in [0.5, 0.6) is 0 Å². The van der Waals surface area contributed by atoms with E-state index in [2.05, 4.69) is 21.2 Å². The van der Waals surface area contributed by atoms with Crippen molar-refractivity contribution in [1.82, 2.24) is 0 Å². The molecule has 0 unspecified atom stereocenters. The van der Waals surface area contributed by atoms with Gasteiger partial charge in [0, 0.05) is 6.07 Å². The van der Waals surface area contributed by atoms with E-state index in [9.17, 15) is 13.6 Å². The summed E-state index contributed by atoms with van der Waals surface area (Å²) in [5.41, 5.74) is 5.03. The van der Waals surface area contributed by atoms with E-state index in [1.54, 1.807) is 0 Å². The molecule has 3 N–H and O–H groups in total. The van der Waals surface area contributed by atoms with Crippen LogP contribution in [-0.2, 0) is 0 Å². The second-order valence-corrected chi connectivity index (χ2v) is 4.14. The molecule has 0 fully saturated rings. The Morgan fingerprint density at radius 1 is 1.33 bits per heavy atom. The second kappa shape index (κ2) is 4.77. The standard InChI is InChI=1S/C11H7BrF2N2O2/c12-10-5(1-2-18-10)11(17)16-9-4-8(15)6(13)3-7(9)14/h1-4H,15H2,(H,16,17). The number of hydrogen-bond donors (Lipinski definition) is 2. The van der Waals surface area contributed by atoms with Gasteiger partial charge in [0.1, 0.15) is 11.6 Å². The summed E-state index contributed by atoms with van der Waals surface area (Å²) in [6.45, 7) is 0. The van der Waals surface area contributed by atoms with Gasteiger partial charge in [-0.15, -0.1) is 0 Å². The topological polar surface area (TPSA) is 68.3 Å². The number of hydrogen-bond acceptors (Lipinski definition) is 3. The van der Waals surface area contributed by atoms with E-state index in [0.29, 0.717) is 6.07 Å². The van der Waals surface area contributed by atoms with Gasteiger partial charge >= 0.3 is 0 Å². The van der Waals surface area contributed by atoms with E-state index in [1.807, 2.05) is 0 Å². The molecular formula is C11H7BrF2N2O2. The molecule has 18 heavy (non-hydrogen) atoms. The largest absolute Gasteiger partial charge is 0.457 e. The fraction of sp³-hybridized carbons (Fsp3) is 0. The molecule has 0 aliphatic carbocycles. The van der Waals surface area contributed by atoms with Crippen LogP contribution >= 0.6 is 15.9 Å². The van der Waals surface area contributed by atoms with Gasteiger partial charge in [0.25, 0.3) is 5.91 Å². The Morgan fingerprint density at radius 3 is 2.67 bits per heavy atom. The van der Waals surface area contributed by atoms with Gasteiger partial charge in [-0.2, -0.15) is 0 Å². The van der Waals surface area contributed by atoms with Crippen molar-refractivity contribution in [3.63, 3.8) is 0 Å². The minimum absolute atomic E-state index is 0.192. The second-order valence-electron chi connectivity index (χ2n) is 3.42. The molecule has 1 heterocycles. The van der Waals surface area contributed by atoms with Crippen molar-refractivity contribution in [1.29, 1.82) is 0 Å². The summed E-state index contributed by atoms with van der Waals surface area (Å²) in [6, 6.07) is 3.02. The van der Waals surface area contributed by atoms with Crippen molar-refractivity contribution in [2.75, 3.05) is 11.1 Å². The van der Waals surface area contributed by atoms with Crippen LogP contribution in [0.15, 0.2) is 33.5 Å². The van der Waals surface area contributed by atoms with Crippen molar-refractivity contribution in [2.45, 2.75) is 0 Å². The molecule has 1 aromatic carbocycles. The first-order valence-electron chi connectivity index (χ1n) is 4.78. The van der Waals surface area contributed by atoms with Crippen molar-refractivity contribution in [3.8, 4) is 0 Å². The summed E-state index contributed by atoms with van der Waals surface area (Å²) in [4.78, 5) is 11.7. The zero-order valence-corrected chi connectivity index (χ0v) is 10.4. The van der Waals surface area contributed by atoms with Gasteiger partial charge < -0.3 is 15.5 Å². The lowest BCUT2D eigenvalue weighted by molar-refractivity contribution is 0.102. The van der Waals surface area contributed by atoms with Crippen LogP contribution in [0, 0.1) is 11.6 Å². The van der Waals surface area contributed by atoms with Gasteiger partial charge in [-0.3, -0.25) is 4.79 Å². The molecule has 1 aromatic heterocycles. The van der Waals surface area contributed by atoms with Crippen LogP contribution in [0.4, 0.5) is 20.2 Å². The van der Waals surface area contributed by atoms with Gasteiger partial charge in [-0.1, -0.05) is 0 Å². The highest BCUT2D eigenvalue weighted by molar-refractivity contribution is 9.10. The highest BCUT2D eigenvalue weighted by Gasteiger charge is 2.15. The normalized spacial score (nSPS) is 10.4. The predicted molar refractivity (Wildman–Crippen MR) is 65.1 cm³/mol. The summed E-state index contributed by atoms with van der Waals surface area (Å²) in [5.74, 6) is -2.38. The first-order valence-corrected chi connectivity index (χ1v) is 5.57. The van der Waals surface area contributed by atoms with E-state index in [4.69, 9.17) is 10.2 Å². The molecule has 2 aromatic rings. The number of rotatable bonds is 2. The molecule has 0 saturated carbocycles. The van der Waals surface area contributed by atoms with Gasteiger partial charge in [-0.25, -0.2) is 8.78 Å². The Labute approximate surface area is 109 Å². The first-order chi connectivity index (χ1) is 8.49. The van der Waals surface area contributed by atoms with Gasteiger partial charge in [-0.05, 0) is 28.1 Å². The van der Waals surface area contributed by atoms with E-state index in [-0.39, 0.29) is 21.6 Å². The molecule has 94 valence electrons. The fourth-order valence-corrected chi connectivity index (χ4v) is 1.73. The van der Waals surface area contributed by atoms with Gasteiger partial charge in [0.2, 0.25) is 0 Å². The van der Waals surface area contributed by atoms with E-state index in [1.165, 1.54) is 12.3 Å². The zero-order chi connectivity index (χ0) is 13.3. The number of halogens is 3. The number of benzene rings is 1. The molecule has 1 amide bonds. The maximum Gasteiger partial charge on any atom is 0.260 e. The Balaban J connectivity index is 2.28. The number of anilines is 2. The molecular weight excluding hydrogens is 310 g/mol. The monoisotopic (exact) mass is 316 g/mol. The average Bonchev–Trinajstić information content (AvgIpc) is 2.72. The molecule has 0 bridgehead atoms. The summed E-state index contributed by atoms with van der Waals surface area (Å²) in [6.07, 6.45) is 1.30. The Kier molecular flexibility index (Phi) is 3.33.